The van der Waals surface area contributed by atoms with E-state index in [9.17, 15) is 5.11 Å². The van der Waals surface area contributed by atoms with Crippen molar-refractivity contribution >= 4 is 8.32 Å². The van der Waals surface area contributed by atoms with Crippen molar-refractivity contribution in [1.29, 1.82) is 0 Å². The Morgan fingerprint density at radius 3 is 2.00 bits per heavy atom. The molecule has 0 radical (unpaired) electrons. The van der Waals surface area contributed by atoms with E-state index in [2.05, 4.69) is 53.4 Å². The molecule has 4 heteroatoms. The van der Waals surface area contributed by atoms with Crippen LogP contribution in [-0.2, 0) is 9.16 Å². The lowest BCUT2D eigenvalue weighted by Crippen LogP contribution is -2.49. The van der Waals surface area contributed by atoms with Crippen molar-refractivity contribution in [3.05, 3.63) is 24.3 Å². The predicted octanol–water partition coefficient (Wildman–Crippen LogP) is 5.18. The Hall–Kier alpha value is -0.423. The average molecular weight is 357 g/mol. The molecule has 0 aliphatic rings. The first kappa shape index (κ1) is 23.6. The smallest absolute Gasteiger partial charge is 0.192 e. The Labute approximate surface area is 151 Å². The third-order valence-corrected chi connectivity index (χ3v) is 9.68. The minimum absolute atomic E-state index is 0.109. The second kappa shape index (κ2) is 9.32. The number of aliphatic hydroxyl groups is 1. The minimum Gasteiger partial charge on any atom is -0.410 e. The zero-order valence-electron chi connectivity index (χ0n) is 17.5. The van der Waals surface area contributed by atoms with Crippen LogP contribution in [0.1, 0.15) is 48.5 Å². The molecule has 0 saturated carbocycles. The van der Waals surface area contributed by atoms with Crippen LogP contribution in [0, 0.1) is 11.8 Å². The first-order chi connectivity index (χ1) is 10.8. The van der Waals surface area contributed by atoms with E-state index in [0.29, 0.717) is 0 Å². The third-order valence-electron chi connectivity index (χ3n) is 5.21. The maximum absolute atomic E-state index is 10.3. The van der Waals surface area contributed by atoms with E-state index in [1.54, 1.807) is 7.11 Å². The molecule has 0 aromatic carbocycles. The van der Waals surface area contributed by atoms with Crippen LogP contribution in [0.15, 0.2) is 24.3 Å². The van der Waals surface area contributed by atoms with E-state index in [0.717, 1.165) is 5.57 Å². The molecule has 1 N–H and O–H groups in total. The van der Waals surface area contributed by atoms with Crippen LogP contribution in [0.4, 0.5) is 0 Å². The van der Waals surface area contributed by atoms with Gasteiger partial charge in [-0.25, -0.2) is 0 Å². The fourth-order valence-corrected chi connectivity index (χ4v) is 3.87. The van der Waals surface area contributed by atoms with Gasteiger partial charge >= 0.3 is 0 Å². The maximum atomic E-state index is 10.3. The first-order valence-corrected chi connectivity index (χ1v) is 11.9. The van der Waals surface area contributed by atoms with Crippen LogP contribution >= 0.6 is 0 Å². The summed E-state index contributed by atoms with van der Waals surface area (Å²) >= 11 is 0. The highest BCUT2D eigenvalue weighted by Gasteiger charge is 2.41. The lowest BCUT2D eigenvalue weighted by molar-refractivity contribution is 0.00566. The molecule has 0 saturated heterocycles. The van der Waals surface area contributed by atoms with Gasteiger partial charge < -0.3 is 14.3 Å². The Morgan fingerprint density at radius 1 is 1.17 bits per heavy atom. The Bertz CT molecular complexity index is 421. The molecular formula is C20H40O3Si. The van der Waals surface area contributed by atoms with E-state index in [1.165, 1.54) is 0 Å². The number of rotatable bonds is 9. The zero-order chi connectivity index (χ0) is 19.3. The van der Waals surface area contributed by atoms with Crippen molar-refractivity contribution in [3.63, 3.8) is 0 Å². The molecule has 0 fully saturated rings. The van der Waals surface area contributed by atoms with E-state index in [-0.39, 0.29) is 29.1 Å². The van der Waals surface area contributed by atoms with Crippen molar-refractivity contribution in [2.75, 3.05) is 7.11 Å². The second-order valence-corrected chi connectivity index (χ2v) is 13.5. The van der Waals surface area contributed by atoms with Crippen LogP contribution in [0.2, 0.25) is 18.1 Å². The van der Waals surface area contributed by atoms with Crippen LogP contribution in [-0.4, -0.2) is 38.8 Å². The monoisotopic (exact) mass is 356 g/mol. The fourth-order valence-electron chi connectivity index (χ4n) is 2.49. The van der Waals surface area contributed by atoms with Gasteiger partial charge in [0, 0.05) is 13.0 Å². The quantitative estimate of drug-likeness (QED) is 0.457. The summed E-state index contributed by atoms with van der Waals surface area (Å²) in [6.07, 6.45) is 3.23. The topological polar surface area (TPSA) is 38.7 Å². The Morgan fingerprint density at radius 2 is 1.67 bits per heavy atom. The van der Waals surface area contributed by atoms with Gasteiger partial charge in [0.25, 0.3) is 0 Å². The minimum atomic E-state index is -1.95. The summed E-state index contributed by atoms with van der Waals surface area (Å²) in [5, 5.41) is 10.4. The number of hydrogen-bond donors (Lipinski definition) is 1. The standard InChI is InChI=1S/C20H40O3Si/c1-12-17(22-9)19(23-24(10,11)20(6,7)8)16(5)13-15(4)18(21)14(2)3/h12-14,16-19,21H,1H2,2-11H3/b15-13-/t16-,17-,18+,19+/m1/s1. The molecule has 0 rings (SSSR count). The van der Waals surface area contributed by atoms with Crippen molar-refractivity contribution in [3.8, 4) is 0 Å². The summed E-state index contributed by atoms with van der Waals surface area (Å²) in [7, 11) is -0.251. The van der Waals surface area contributed by atoms with E-state index in [1.807, 2.05) is 26.8 Å². The van der Waals surface area contributed by atoms with Crippen molar-refractivity contribution in [2.24, 2.45) is 11.8 Å². The molecule has 3 nitrogen and oxygen atoms in total. The van der Waals surface area contributed by atoms with Gasteiger partial charge in [-0.15, -0.1) is 6.58 Å². The molecule has 0 amide bonds. The van der Waals surface area contributed by atoms with Gasteiger partial charge in [0.15, 0.2) is 8.32 Å². The molecule has 0 heterocycles. The third kappa shape index (κ3) is 6.47. The summed E-state index contributed by atoms with van der Waals surface area (Å²) in [4.78, 5) is 0. The molecule has 4 atom stereocenters. The highest BCUT2D eigenvalue weighted by Crippen LogP contribution is 2.39. The molecule has 0 bridgehead atoms. The summed E-state index contributed by atoms with van der Waals surface area (Å²) in [5.41, 5.74) is 0.986. The van der Waals surface area contributed by atoms with E-state index < -0.39 is 14.4 Å². The van der Waals surface area contributed by atoms with Crippen LogP contribution in [0.5, 0.6) is 0 Å². The lowest BCUT2D eigenvalue weighted by atomic mass is 9.93. The lowest BCUT2D eigenvalue weighted by Gasteiger charge is -2.42. The summed E-state index contributed by atoms with van der Waals surface area (Å²) in [5.74, 6) is 0.321. The second-order valence-electron chi connectivity index (χ2n) is 8.74. The fraction of sp³-hybridized carbons (Fsp3) is 0.800. The molecule has 0 aromatic heterocycles. The van der Waals surface area contributed by atoms with Crippen molar-refractivity contribution in [2.45, 2.75) is 84.9 Å². The molecule has 0 spiro atoms. The molecule has 0 aliphatic carbocycles. The normalized spacial score (nSPS) is 19.1. The van der Waals surface area contributed by atoms with Gasteiger partial charge in [-0.1, -0.05) is 53.7 Å². The zero-order valence-corrected chi connectivity index (χ0v) is 18.5. The molecule has 142 valence electrons. The highest BCUT2D eigenvalue weighted by molar-refractivity contribution is 6.74. The van der Waals surface area contributed by atoms with Gasteiger partial charge in [-0.2, -0.15) is 0 Å². The number of ether oxygens (including phenoxy) is 1. The summed E-state index contributed by atoms with van der Waals surface area (Å²) in [6.45, 7) is 23.3. The molecule has 0 aromatic rings. The summed E-state index contributed by atoms with van der Waals surface area (Å²) in [6, 6.07) is 0. The van der Waals surface area contributed by atoms with Crippen LogP contribution in [0.3, 0.4) is 0 Å². The largest absolute Gasteiger partial charge is 0.410 e. The number of aliphatic hydroxyl groups excluding tert-OH is 1. The number of hydrogen-bond acceptors (Lipinski definition) is 3. The molecule has 24 heavy (non-hydrogen) atoms. The van der Waals surface area contributed by atoms with Gasteiger partial charge in [-0.3, -0.25) is 0 Å². The van der Waals surface area contributed by atoms with Gasteiger partial charge in [0.2, 0.25) is 0 Å². The number of methoxy groups -OCH3 is 1. The highest BCUT2D eigenvalue weighted by atomic mass is 28.4. The van der Waals surface area contributed by atoms with Gasteiger partial charge in [-0.05, 0) is 36.5 Å². The van der Waals surface area contributed by atoms with Crippen molar-refractivity contribution in [1.82, 2.24) is 0 Å². The Balaban J connectivity index is 5.58. The van der Waals surface area contributed by atoms with Crippen LogP contribution in [0.25, 0.3) is 0 Å². The van der Waals surface area contributed by atoms with Gasteiger partial charge in [0.1, 0.15) is 6.10 Å². The van der Waals surface area contributed by atoms with Crippen molar-refractivity contribution < 1.29 is 14.3 Å². The first-order valence-electron chi connectivity index (χ1n) is 8.98. The SMILES string of the molecule is C=C[C@@H](OC)[C@@H](O[Si](C)(C)C(C)(C)C)[C@H](C)/C=C(/C)[C@@H](O)C(C)C. The molecule has 0 aliphatic heterocycles. The van der Waals surface area contributed by atoms with Gasteiger partial charge in [0.05, 0.1) is 12.2 Å². The van der Waals surface area contributed by atoms with E-state index >= 15 is 0 Å². The average Bonchev–Trinajstić information content (AvgIpc) is 2.44. The maximum Gasteiger partial charge on any atom is 0.192 e. The van der Waals surface area contributed by atoms with E-state index in [4.69, 9.17) is 9.16 Å². The Kier molecular flexibility index (Phi) is 9.16. The predicted molar refractivity (Wildman–Crippen MR) is 107 cm³/mol. The summed E-state index contributed by atoms with van der Waals surface area (Å²) < 4.78 is 12.3. The van der Waals surface area contributed by atoms with Crippen LogP contribution < -0.4 is 0 Å². The molecular weight excluding hydrogens is 316 g/mol. The molecule has 0 unspecified atom stereocenters.